The van der Waals surface area contributed by atoms with E-state index in [1.54, 1.807) is 4.90 Å². The summed E-state index contributed by atoms with van der Waals surface area (Å²) in [6, 6.07) is 3.68. The van der Waals surface area contributed by atoms with Crippen molar-refractivity contribution in [1.82, 2.24) is 15.1 Å². The average molecular weight is 374 g/mol. The lowest BCUT2D eigenvalue weighted by Crippen LogP contribution is -2.42. The van der Waals surface area contributed by atoms with E-state index in [2.05, 4.69) is 15.4 Å². The summed E-state index contributed by atoms with van der Waals surface area (Å²) in [4.78, 5) is 19.9. The van der Waals surface area contributed by atoms with Gasteiger partial charge in [-0.1, -0.05) is 19.0 Å². The third-order valence-corrected chi connectivity index (χ3v) is 5.07. The zero-order valence-corrected chi connectivity index (χ0v) is 15.1. The number of rotatable bonds is 3. The summed E-state index contributed by atoms with van der Waals surface area (Å²) in [5.41, 5.74) is 3.63. The van der Waals surface area contributed by atoms with Gasteiger partial charge in [0.2, 0.25) is 6.10 Å². The third-order valence-electron chi connectivity index (χ3n) is 5.07. The molecule has 142 valence electrons. The monoisotopic (exact) mass is 374 g/mol. The van der Waals surface area contributed by atoms with Gasteiger partial charge >= 0.3 is 0 Å². The first-order chi connectivity index (χ1) is 12.9. The highest BCUT2D eigenvalue weighted by Gasteiger charge is 2.35. The van der Waals surface area contributed by atoms with Gasteiger partial charge < -0.3 is 9.74 Å². The highest BCUT2D eigenvalue weighted by Crippen LogP contribution is 2.30. The van der Waals surface area contributed by atoms with Crippen LogP contribution in [0.5, 0.6) is 0 Å². The van der Waals surface area contributed by atoms with E-state index in [1.165, 1.54) is 6.07 Å². The SMILES string of the molecule is CC(C)C1=NO[C@@H](C(=O)N2CCc3[nH]nc(-c4ccc(F)c(F)c4)c3C2)C1. The Kier molecular flexibility index (Phi) is 4.41. The van der Waals surface area contributed by atoms with Crippen molar-refractivity contribution < 1.29 is 18.4 Å². The van der Waals surface area contributed by atoms with Crippen molar-refractivity contribution in [3.05, 3.63) is 41.1 Å². The van der Waals surface area contributed by atoms with Gasteiger partial charge in [-0.25, -0.2) is 8.78 Å². The highest BCUT2D eigenvalue weighted by atomic mass is 19.2. The number of carbonyl (C=O) groups is 1. The molecule has 0 saturated heterocycles. The minimum Gasteiger partial charge on any atom is -0.382 e. The fourth-order valence-corrected chi connectivity index (χ4v) is 3.44. The lowest BCUT2D eigenvalue weighted by atomic mass is 9.99. The number of nitrogens with zero attached hydrogens (tertiary/aromatic N) is 3. The summed E-state index contributed by atoms with van der Waals surface area (Å²) in [6.07, 6.45) is 0.520. The number of nitrogens with one attached hydrogen (secondary N) is 1. The largest absolute Gasteiger partial charge is 0.382 e. The van der Waals surface area contributed by atoms with Crippen molar-refractivity contribution in [2.45, 2.75) is 39.3 Å². The van der Waals surface area contributed by atoms with Gasteiger partial charge in [-0.3, -0.25) is 9.89 Å². The summed E-state index contributed by atoms with van der Waals surface area (Å²) in [5, 5.41) is 11.2. The Morgan fingerprint density at radius 3 is 2.85 bits per heavy atom. The summed E-state index contributed by atoms with van der Waals surface area (Å²) in [5.74, 6) is -1.70. The molecule has 0 fully saturated rings. The normalized spacial score (nSPS) is 19.1. The van der Waals surface area contributed by atoms with E-state index in [4.69, 9.17) is 4.84 Å². The Labute approximate surface area is 155 Å². The Morgan fingerprint density at radius 2 is 2.15 bits per heavy atom. The van der Waals surface area contributed by atoms with Gasteiger partial charge in [0.05, 0.1) is 11.4 Å². The third kappa shape index (κ3) is 3.20. The van der Waals surface area contributed by atoms with Gasteiger partial charge in [0.25, 0.3) is 5.91 Å². The predicted octanol–water partition coefficient (Wildman–Crippen LogP) is 3.04. The number of H-pyrrole nitrogens is 1. The summed E-state index contributed by atoms with van der Waals surface area (Å²) in [6.45, 7) is 4.92. The molecule has 3 heterocycles. The molecule has 8 heteroatoms. The molecule has 0 radical (unpaired) electrons. The van der Waals surface area contributed by atoms with Crippen LogP contribution in [0.2, 0.25) is 0 Å². The van der Waals surface area contributed by atoms with Crippen LogP contribution in [-0.4, -0.2) is 39.4 Å². The second-order valence-corrected chi connectivity index (χ2v) is 7.20. The number of fused-ring (bicyclic) bond motifs is 1. The molecular weight excluding hydrogens is 354 g/mol. The van der Waals surface area contributed by atoms with E-state index in [0.717, 1.165) is 29.1 Å². The van der Waals surface area contributed by atoms with Crippen LogP contribution in [0, 0.1) is 17.6 Å². The van der Waals surface area contributed by atoms with Gasteiger partial charge in [0.1, 0.15) is 0 Å². The van der Waals surface area contributed by atoms with E-state index in [0.29, 0.717) is 37.2 Å². The van der Waals surface area contributed by atoms with Crippen LogP contribution >= 0.6 is 0 Å². The molecule has 0 unspecified atom stereocenters. The van der Waals surface area contributed by atoms with E-state index in [9.17, 15) is 13.6 Å². The maximum absolute atomic E-state index is 13.6. The van der Waals surface area contributed by atoms with Gasteiger partial charge in [-0.15, -0.1) is 0 Å². The first-order valence-corrected chi connectivity index (χ1v) is 8.97. The number of aromatic amines is 1. The van der Waals surface area contributed by atoms with Crippen molar-refractivity contribution in [3.63, 3.8) is 0 Å². The maximum Gasteiger partial charge on any atom is 0.267 e. The van der Waals surface area contributed by atoms with Crippen molar-refractivity contribution in [3.8, 4) is 11.3 Å². The quantitative estimate of drug-likeness (QED) is 0.898. The topological polar surface area (TPSA) is 70.6 Å². The van der Waals surface area contributed by atoms with Crippen LogP contribution in [0.3, 0.4) is 0 Å². The zero-order chi connectivity index (χ0) is 19.1. The average Bonchev–Trinajstić information content (AvgIpc) is 3.30. The lowest BCUT2D eigenvalue weighted by molar-refractivity contribution is -0.143. The number of benzene rings is 1. The predicted molar refractivity (Wildman–Crippen MR) is 94.8 cm³/mol. The smallest absolute Gasteiger partial charge is 0.267 e. The zero-order valence-electron chi connectivity index (χ0n) is 15.1. The maximum atomic E-state index is 13.6. The van der Waals surface area contributed by atoms with Crippen LogP contribution in [0.15, 0.2) is 23.4 Å². The fourth-order valence-electron chi connectivity index (χ4n) is 3.44. The van der Waals surface area contributed by atoms with Crippen molar-refractivity contribution in [2.24, 2.45) is 11.1 Å². The molecule has 2 aromatic rings. The minimum atomic E-state index is -0.925. The van der Waals surface area contributed by atoms with E-state index in [-0.39, 0.29) is 11.8 Å². The molecule has 1 aromatic carbocycles. The number of carbonyl (C=O) groups excluding carboxylic acids is 1. The molecule has 1 N–H and O–H groups in total. The lowest BCUT2D eigenvalue weighted by Gasteiger charge is -2.28. The van der Waals surface area contributed by atoms with Crippen LogP contribution in [0.25, 0.3) is 11.3 Å². The molecule has 2 aliphatic heterocycles. The van der Waals surface area contributed by atoms with Crippen molar-refractivity contribution in [1.29, 1.82) is 0 Å². The Morgan fingerprint density at radius 1 is 1.33 bits per heavy atom. The van der Waals surface area contributed by atoms with Gasteiger partial charge in [0.15, 0.2) is 11.6 Å². The van der Waals surface area contributed by atoms with E-state index in [1.807, 2.05) is 13.8 Å². The standard InChI is InChI=1S/C19H20F2N4O2/c1-10(2)16-8-17(27-24-16)19(26)25-6-5-15-12(9-25)18(23-22-15)11-3-4-13(20)14(21)7-11/h3-4,7,10,17H,5-6,8-9H2,1-2H3,(H,22,23)/t17-/m1/s1. The molecule has 4 rings (SSSR count). The molecule has 0 saturated carbocycles. The molecule has 0 spiro atoms. The summed E-state index contributed by atoms with van der Waals surface area (Å²) in [7, 11) is 0. The molecule has 1 aromatic heterocycles. The fraction of sp³-hybridized carbons (Fsp3) is 0.421. The Balaban J connectivity index is 1.54. The first kappa shape index (κ1) is 17.6. The number of oxime groups is 1. The second kappa shape index (κ2) is 6.75. The highest BCUT2D eigenvalue weighted by molar-refractivity contribution is 5.94. The van der Waals surface area contributed by atoms with Gasteiger partial charge in [-0.05, 0) is 24.1 Å². The molecule has 1 atom stereocenters. The summed E-state index contributed by atoms with van der Waals surface area (Å²) < 4.78 is 26.8. The molecule has 6 nitrogen and oxygen atoms in total. The van der Waals surface area contributed by atoms with Crippen LogP contribution < -0.4 is 0 Å². The molecule has 2 aliphatic rings. The van der Waals surface area contributed by atoms with Crippen molar-refractivity contribution >= 4 is 11.6 Å². The number of halogens is 2. The molecule has 1 amide bonds. The molecular formula is C19H20F2N4O2. The molecule has 0 aliphatic carbocycles. The Bertz CT molecular complexity index is 922. The minimum absolute atomic E-state index is 0.113. The molecule has 0 bridgehead atoms. The number of amides is 1. The second-order valence-electron chi connectivity index (χ2n) is 7.20. The van der Waals surface area contributed by atoms with Gasteiger partial charge in [0, 0.05) is 42.8 Å². The van der Waals surface area contributed by atoms with Crippen LogP contribution in [-0.2, 0) is 22.6 Å². The Hall–Kier alpha value is -2.77. The first-order valence-electron chi connectivity index (χ1n) is 8.97. The number of hydrogen-bond acceptors (Lipinski definition) is 4. The summed E-state index contributed by atoms with van der Waals surface area (Å²) >= 11 is 0. The van der Waals surface area contributed by atoms with E-state index < -0.39 is 17.7 Å². The molecule has 27 heavy (non-hydrogen) atoms. The number of aromatic nitrogens is 2. The van der Waals surface area contributed by atoms with Crippen LogP contribution in [0.4, 0.5) is 8.78 Å². The van der Waals surface area contributed by atoms with Crippen LogP contribution in [0.1, 0.15) is 31.5 Å². The van der Waals surface area contributed by atoms with Gasteiger partial charge in [-0.2, -0.15) is 5.10 Å². The van der Waals surface area contributed by atoms with Crippen molar-refractivity contribution in [2.75, 3.05) is 6.54 Å². The van der Waals surface area contributed by atoms with E-state index >= 15 is 0 Å². The number of hydrogen-bond donors (Lipinski definition) is 1.